The van der Waals surface area contributed by atoms with E-state index in [0.29, 0.717) is 28.8 Å². The van der Waals surface area contributed by atoms with E-state index in [4.69, 9.17) is 28.9 Å². The van der Waals surface area contributed by atoms with Crippen LogP contribution in [-0.4, -0.2) is 21.7 Å². The van der Waals surface area contributed by atoms with Crippen molar-refractivity contribution in [1.82, 2.24) is 9.78 Å². The van der Waals surface area contributed by atoms with Gasteiger partial charge in [0.1, 0.15) is 5.82 Å². The third-order valence-electron chi connectivity index (χ3n) is 4.48. The van der Waals surface area contributed by atoms with Crippen LogP contribution in [0.4, 0.5) is 5.82 Å². The van der Waals surface area contributed by atoms with Gasteiger partial charge in [0.2, 0.25) is 5.91 Å². The molecule has 0 spiro atoms. The van der Waals surface area contributed by atoms with Gasteiger partial charge in [-0.05, 0) is 36.5 Å². The minimum atomic E-state index is -0.0266. The Morgan fingerprint density at radius 3 is 2.80 bits per heavy atom. The second kappa shape index (κ2) is 8.90. The first-order chi connectivity index (χ1) is 11.5. The van der Waals surface area contributed by atoms with Gasteiger partial charge in [-0.2, -0.15) is 5.10 Å². The summed E-state index contributed by atoms with van der Waals surface area (Å²) < 4.78 is 1.71. The number of carbonyl (C=O) groups excluding carboxylic acids is 1. The van der Waals surface area contributed by atoms with E-state index in [1.807, 2.05) is 6.07 Å². The van der Waals surface area contributed by atoms with Gasteiger partial charge in [0.15, 0.2) is 0 Å². The summed E-state index contributed by atoms with van der Waals surface area (Å²) in [5, 5.41) is 8.35. The normalized spacial score (nSPS) is 19.5. The minimum absolute atomic E-state index is 0. The Morgan fingerprint density at radius 2 is 2.12 bits per heavy atom. The maximum Gasteiger partial charge on any atom is 0.225 e. The first-order valence-electron chi connectivity index (χ1n) is 8.04. The molecule has 25 heavy (non-hydrogen) atoms. The first kappa shape index (κ1) is 20.0. The predicted octanol–water partition coefficient (Wildman–Crippen LogP) is 4.12. The lowest BCUT2D eigenvalue weighted by Gasteiger charge is -2.15. The molecule has 5 nitrogen and oxygen atoms in total. The molecule has 1 amide bonds. The van der Waals surface area contributed by atoms with Crippen LogP contribution >= 0.6 is 35.6 Å². The Hall–Kier alpha value is -1.27. The Kier molecular flexibility index (Phi) is 7.14. The van der Waals surface area contributed by atoms with Crippen molar-refractivity contribution in [2.24, 2.45) is 11.7 Å². The number of nitrogens with one attached hydrogen (secondary N) is 1. The van der Waals surface area contributed by atoms with Gasteiger partial charge in [-0.25, -0.2) is 4.68 Å². The van der Waals surface area contributed by atoms with Crippen molar-refractivity contribution in [2.45, 2.75) is 38.3 Å². The minimum Gasteiger partial charge on any atom is -0.327 e. The molecule has 0 saturated heterocycles. The molecule has 0 unspecified atom stereocenters. The number of rotatable bonds is 5. The van der Waals surface area contributed by atoms with E-state index in [2.05, 4.69) is 10.4 Å². The smallest absolute Gasteiger partial charge is 0.225 e. The zero-order chi connectivity index (χ0) is 17.1. The molecular formula is C17H21Cl3N4O. The summed E-state index contributed by atoms with van der Waals surface area (Å²) in [6, 6.07) is 7.24. The molecular weight excluding hydrogens is 383 g/mol. The van der Waals surface area contributed by atoms with Crippen LogP contribution in [0.3, 0.4) is 0 Å². The molecule has 3 rings (SSSR count). The highest BCUT2D eigenvalue weighted by atomic mass is 35.5. The average molecular weight is 404 g/mol. The van der Waals surface area contributed by atoms with Crippen LogP contribution in [0.1, 0.15) is 31.2 Å². The molecule has 8 heteroatoms. The second-order valence-electron chi connectivity index (χ2n) is 6.22. The summed E-state index contributed by atoms with van der Waals surface area (Å²) in [7, 11) is 0. The second-order valence-corrected chi connectivity index (χ2v) is 7.06. The zero-order valence-corrected chi connectivity index (χ0v) is 15.9. The van der Waals surface area contributed by atoms with Gasteiger partial charge in [-0.1, -0.05) is 35.7 Å². The summed E-state index contributed by atoms with van der Waals surface area (Å²) in [6.45, 7) is 0.460. The van der Waals surface area contributed by atoms with Crippen LogP contribution < -0.4 is 11.1 Å². The summed E-state index contributed by atoms with van der Waals surface area (Å²) in [5.74, 6) is 0.894. The average Bonchev–Trinajstić information content (AvgIpc) is 3.12. The molecule has 136 valence electrons. The van der Waals surface area contributed by atoms with Crippen molar-refractivity contribution in [2.75, 3.05) is 5.32 Å². The molecule has 1 heterocycles. The van der Waals surface area contributed by atoms with E-state index in [1.165, 1.54) is 0 Å². The molecule has 0 bridgehead atoms. The lowest BCUT2D eigenvalue weighted by atomic mass is 10.00. The van der Waals surface area contributed by atoms with Crippen LogP contribution in [0.5, 0.6) is 0 Å². The molecule has 1 aliphatic rings. The van der Waals surface area contributed by atoms with Crippen molar-refractivity contribution < 1.29 is 4.79 Å². The van der Waals surface area contributed by atoms with E-state index >= 15 is 0 Å². The molecule has 3 N–H and O–H groups in total. The number of nitrogens with two attached hydrogens (primary N) is 1. The summed E-state index contributed by atoms with van der Waals surface area (Å²) >= 11 is 12.1. The fourth-order valence-corrected chi connectivity index (χ4v) is 3.60. The van der Waals surface area contributed by atoms with Crippen molar-refractivity contribution >= 4 is 47.3 Å². The fraction of sp³-hybridized carbons (Fsp3) is 0.412. The van der Waals surface area contributed by atoms with E-state index in [0.717, 1.165) is 24.8 Å². The summed E-state index contributed by atoms with van der Waals surface area (Å²) in [6.07, 6.45) is 5.24. The first-order valence-corrected chi connectivity index (χ1v) is 8.79. The number of halogens is 3. The van der Waals surface area contributed by atoms with Crippen LogP contribution in [0.25, 0.3) is 0 Å². The predicted molar refractivity (Wildman–Crippen MR) is 104 cm³/mol. The van der Waals surface area contributed by atoms with Gasteiger partial charge >= 0.3 is 0 Å². The number of hydrogen-bond donors (Lipinski definition) is 2. The number of nitrogens with zero attached hydrogens (tertiary/aromatic N) is 2. The van der Waals surface area contributed by atoms with Crippen LogP contribution in [-0.2, 0) is 11.3 Å². The molecule has 1 saturated carbocycles. The number of amides is 1. The molecule has 2 atom stereocenters. The molecule has 1 fully saturated rings. The molecule has 0 radical (unpaired) electrons. The number of carbonyl (C=O) groups is 1. The van der Waals surface area contributed by atoms with Gasteiger partial charge in [0, 0.05) is 28.6 Å². The Morgan fingerprint density at radius 1 is 1.32 bits per heavy atom. The summed E-state index contributed by atoms with van der Waals surface area (Å²) in [5.41, 5.74) is 6.93. The van der Waals surface area contributed by atoms with Crippen molar-refractivity contribution in [3.05, 3.63) is 46.1 Å². The largest absolute Gasteiger partial charge is 0.327 e. The van der Waals surface area contributed by atoms with Crippen molar-refractivity contribution in [3.63, 3.8) is 0 Å². The number of anilines is 1. The maximum absolute atomic E-state index is 12.3. The number of benzene rings is 1. The highest BCUT2D eigenvalue weighted by molar-refractivity contribution is 6.35. The molecule has 1 aromatic heterocycles. The third-order valence-corrected chi connectivity index (χ3v) is 5.07. The van der Waals surface area contributed by atoms with E-state index in [-0.39, 0.29) is 30.3 Å². The molecule has 1 aromatic carbocycles. The Balaban J connectivity index is 0.00000225. The van der Waals surface area contributed by atoms with Crippen LogP contribution in [0.2, 0.25) is 10.0 Å². The molecule has 1 aliphatic carbocycles. The van der Waals surface area contributed by atoms with E-state index in [9.17, 15) is 4.79 Å². The topological polar surface area (TPSA) is 72.9 Å². The highest BCUT2D eigenvalue weighted by Crippen LogP contribution is 2.27. The molecule has 0 aliphatic heterocycles. The Labute approximate surface area is 163 Å². The zero-order valence-electron chi connectivity index (χ0n) is 13.6. The van der Waals surface area contributed by atoms with E-state index in [1.54, 1.807) is 29.1 Å². The van der Waals surface area contributed by atoms with Gasteiger partial charge in [-0.15, -0.1) is 12.4 Å². The number of aromatic nitrogens is 2. The fourth-order valence-electron chi connectivity index (χ4n) is 3.13. The van der Waals surface area contributed by atoms with Crippen molar-refractivity contribution in [3.8, 4) is 0 Å². The van der Waals surface area contributed by atoms with Crippen molar-refractivity contribution in [1.29, 1.82) is 0 Å². The third kappa shape index (κ3) is 5.11. The lowest BCUT2D eigenvalue weighted by Crippen LogP contribution is -2.28. The Bertz CT molecular complexity index is 734. The highest BCUT2D eigenvalue weighted by Gasteiger charge is 2.26. The van der Waals surface area contributed by atoms with Gasteiger partial charge in [-0.3, -0.25) is 4.79 Å². The van der Waals surface area contributed by atoms with Gasteiger partial charge < -0.3 is 11.1 Å². The standard InChI is InChI=1S/C17H20Cl2N4O.ClH/c18-13-5-4-12(14(19)9-13)10-23-16(6-7-21-23)22-17(24)8-11-2-1-3-15(11)20;/h4-7,9,11,15H,1-3,8,10,20H2,(H,22,24);1H/t11-,15+;/m0./s1. The van der Waals surface area contributed by atoms with Crippen LogP contribution in [0, 0.1) is 5.92 Å². The van der Waals surface area contributed by atoms with E-state index < -0.39 is 0 Å². The monoisotopic (exact) mass is 402 g/mol. The lowest BCUT2D eigenvalue weighted by molar-refractivity contribution is -0.117. The quantitative estimate of drug-likeness (QED) is 0.789. The number of hydrogen-bond acceptors (Lipinski definition) is 3. The van der Waals surface area contributed by atoms with Gasteiger partial charge in [0.05, 0.1) is 12.7 Å². The van der Waals surface area contributed by atoms with Gasteiger partial charge in [0.25, 0.3) is 0 Å². The SMILES string of the molecule is Cl.N[C@@H]1CCC[C@H]1CC(=O)Nc1ccnn1Cc1ccc(Cl)cc1Cl. The summed E-state index contributed by atoms with van der Waals surface area (Å²) in [4.78, 5) is 12.3. The molecule has 2 aromatic rings. The van der Waals surface area contributed by atoms with Crippen LogP contribution in [0.15, 0.2) is 30.5 Å². The maximum atomic E-state index is 12.3.